The molecule has 1 aromatic heterocycles. The number of hydrogen-bond donors (Lipinski definition) is 1. The number of nitrogens with zero attached hydrogens (tertiary/aromatic N) is 4. The van der Waals surface area contributed by atoms with Gasteiger partial charge in [-0.3, -0.25) is 28.9 Å². The third-order valence-electron chi connectivity index (χ3n) is 6.79. The molecule has 2 aliphatic rings. The molecular formula is C26H23ClF3N5O3S. The molecule has 1 atom stereocenters. The topological polar surface area (TPSA) is 102 Å². The van der Waals surface area contributed by atoms with Gasteiger partial charge in [0.2, 0.25) is 5.91 Å². The van der Waals surface area contributed by atoms with E-state index in [1.165, 1.54) is 27.9 Å². The van der Waals surface area contributed by atoms with Crippen LogP contribution in [0, 0.1) is 0 Å². The van der Waals surface area contributed by atoms with Gasteiger partial charge in [0.15, 0.2) is 0 Å². The van der Waals surface area contributed by atoms with E-state index < -0.39 is 23.6 Å². The van der Waals surface area contributed by atoms with Gasteiger partial charge in [-0.25, -0.2) is 0 Å². The van der Waals surface area contributed by atoms with Crippen LogP contribution in [-0.4, -0.2) is 62.3 Å². The van der Waals surface area contributed by atoms with E-state index in [1.54, 1.807) is 24.3 Å². The van der Waals surface area contributed by atoms with Crippen LogP contribution in [0.3, 0.4) is 0 Å². The average Bonchev–Trinajstić information content (AvgIpc) is 3.54. The van der Waals surface area contributed by atoms with Crippen LogP contribution in [0.25, 0.3) is 17.0 Å². The maximum atomic E-state index is 13.5. The Bertz CT molecular complexity index is 1510. The van der Waals surface area contributed by atoms with Gasteiger partial charge >= 0.3 is 6.18 Å². The smallest absolute Gasteiger partial charge is 0.369 e. The first-order chi connectivity index (χ1) is 18.5. The summed E-state index contributed by atoms with van der Waals surface area (Å²) in [6.45, 7) is 0.844. The zero-order valence-electron chi connectivity index (χ0n) is 20.4. The summed E-state index contributed by atoms with van der Waals surface area (Å²) in [5.74, 6) is -0.863. The Morgan fingerprint density at radius 2 is 2.00 bits per heavy atom. The molecule has 13 heteroatoms. The molecule has 39 heavy (non-hydrogen) atoms. The van der Waals surface area contributed by atoms with E-state index in [-0.39, 0.29) is 46.4 Å². The summed E-state index contributed by atoms with van der Waals surface area (Å²) >= 11 is 6.63. The number of alkyl halides is 3. The van der Waals surface area contributed by atoms with Crippen molar-refractivity contribution < 1.29 is 27.6 Å². The Hall–Kier alpha value is -3.35. The van der Waals surface area contributed by atoms with Crippen LogP contribution < -0.4 is 5.73 Å². The second-order valence-corrected chi connectivity index (χ2v) is 10.9. The van der Waals surface area contributed by atoms with E-state index in [0.29, 0.717) is 23.0 Å². The van der Waals surface area contributed by atoms with Crippen LogP contribution >= 0.6 is 23.4 Å². The van der Waals surface area contributed by atoms with Gasteiger partial charge < -0.3 is 5.73 Å². The van der Waals surface area contributed by atoms with Crippen LogP contribution in [0.4, 0.5) is 18.0 Å². The number of benzene rings is 2. The van der Waals surface area contributed by atoms with Crippen molar-refractivity contribution in [1.82, 2.24) is 19.6 Å². The molecule has 3 heterocycles. The van der Waals surface area contributed by atoms with Crippen molar-refractivity contribution in [2.24, 2.45) is 5.73 Å². The monoisotopic (exact) mass is 577 g/mol. The van der Waals surface area contributed by atoms with Crippen molar-refractivity contribution >= 4 is 57.4 Å². The second-order valence-electron chi connectivity index (χ2n) is 9.44. The van der Waals surface area contributed by atoms with E-state index in [4.69, 9.17) is 17.3 Å². The molecule has 0 spiro atoms. The van der Waals surface area contributed by atoms with Gasteiger partial charge in [-0.1, -0.05) is 23.7 Å². The van der Waals surface area contributed by atoms with Crippen LogP contribution in [0.1, 0.15) is 29.5 Å². The van der Waals surface area contributed by atoms with Crippen LogP contribution in [0.15, 0.2) is 47.5 Å². The van der Waals surface area contributed by atoms with Gasteiger partial charge in [0.25, 0.3) is 11.1 Å². The van der Waals surface area contributed by atoms with Gasteiger partial charge in [-0.2, -0.15) is 18.3 Å². The van der Waals surface area contributed by atoms with E-state index in [2.05, 4.69) is 5.10 Å². The Labute approximate surface area is 230 Å². The van der Waals surface area contributed by atoms with Gasteiger partial charge in [0, 0.05) is 23.0 Å². The fourth-order valence-corrected chi connectivity index (χ4v) is 5.98. The minimum Gasteiger partial charge on any atom is -0.369 e. The lowest BCUT2D eigenvalue weighted by Gasteiger charge is -2.26. The van der Waals surface area contributed by atoms with Crippen molar-refractivity contribution in [3.05, 3.63) is 69.2 Å². The van der Waals surface area contributed by atoms with Gasteiger partial charge in [-0.15, -0.1) is 0 Å². The molecule has 2 saturated heterocycles. The molecule has 3 amide bonds. The van der Waals surface area contributed by atoms with E-state index in [0.717, 1.165) is 30.7 Å². The van der Waals surface area contributed by atoms with E-state index >= 15 is 0 Å². The SMILES string of the molecule is NC(=O)CN1CCCC1CN1C(=O)S/C(=C\c2ccc3c(cnn3Cc3ccc(Cl)cc3C(F)(F)F)c2)C1=O. The number of rotatable bonds is 7. The minimum absolute atomic E-state index is 0.00307. The first-order valence-corrected chi connectivity index (χ1v) is 13.3. The fourth-order valence-electron chi connectivity index (χ4n) is 4.96. The Morgan fingerprint density at radius 1 is 1.21 bits per heavy atom. The van der Waals surface area contributed by atoms with Crippen LogP contribution in [0.2, 0.25) is 5.02 Å². The third-order valence-corrected chi connectivity index (χ3v) is 7.93. The number of primary amides is 1. The van der Waals surface area contributed by atoms with Crippen molar-refractivity contribution in [1.29, 1.82) is 0 Å². The molecule has 5 rings (SSSR count). The number of nitrogens with two attached hydrogens (primary N) is 1. The summed E-state index contributed by atoms with van der Waals surface area (Å²) in [6, 6.07) is 8.70. The number of thioether (sulfide) groups is 1. The van der Waals surface area contributed by atoms with Gasteiger partial charge in [-0.05, 0) is 72.6 Å². The molecule has 1 unspecified atom stereocenters. The zero-order chi connectivity index (χ0) is 27.9. The predicted octanol–water partition coefficient (Wildman–Crippen LogP) is 4.74. The zero-order valence-corrected chi connectivity index (χ0v) is 22.0. The number of carbonyl (C=O) groups excluding carboxylic acids is 3. The lowest BCUT2D eigenvalue weighted by atomic mass is 10.1. The summed E-state index contributed by atoms with van der Waals surface area (Å²) < 4.78 is 42.0. The fraction of sp³-hybridized carbons (Fsp3) is 0.308. The highest BCUT2D eigenvalue weighted by Gasteiger charge is 2.39. The normalized spacial score (nSPS) is 19.6. The average molecular weight is 578 g/mol. The molecule has 2 N–H and O–H groups in total. The number of fused-ring (bicyclic) bond motifs is 1. The maximum Gasteiger partial charge on any atom is 0.416 e. The third kappa shape index (κ3) is 5.82. The number of aromatic nitrogens is 2. The molecule has 8 nitrogen and oxygen atoms in total. The van der Waals surface area contributed by atoms with Crippen molar-refractivity contribution in [3.63, 3.8) is 0 Å². The predicted molar refractivity (Wildman–Crippen MR) is 142 cm³/mol. The number of likely N-dealkylation sites (tertiary alicyclic amines) is 1. The molecule has 0 saturated carbocycles. The number of imide groups is 1. The second kappa shape index (κ2) is 10.7. The summed E-state index contributed by atoms with van der Waals surface area (Å²) in [5.41, 5.74) is 5.79. The molecule has 2 fully saturated rings. The Morgan fingerprint density at radius 3 is 2.74 bits per heavy atom. The van der Waals surface area contributed by atoms with Gasteiger partial charge in [0.05, 0.1) is 35.3 Å². The standard InChI is InChI=1S/C26H23ClF3N5O3S/c27-18-5-4-16(20(10-18)26(28,29)30)12-35-21-6-3-15(8-17(21)11-32-35)9-22-24(37)34(25(38)39-22)13-19-2-1-7-33(19)14-23(31)36/h3-6,8-11,19H,1-2,7,12-14H2,(H2,31,36)/b22-9-. The molecule has 204 valence electrons. The molecule has 3 aromatic rings. The van der Waals surface area contributed by atoms with E-state index in [9.17, 15) is 27.6 Å². The van der Waals surface area contributed by atoms with Crippen LogP contribution in [-0.2, 0) is 22.3 Å². The highest BCUT2D eigenvalue weighted by molar-refractivity contribution is 8.18. The largest absolute Gasteiger partial charge is 0.416 e. The quantitative estimate of drug-likeness (QED) is 0.407. The first kappa shape index (κ1) is 27.2. The maximum absolute atomic E-state index is 13.5. The highest BCUT2D eigenvalue weighted by atomic mass is 35.5. The molecule has 0 aliphatic carbocycles. The number of carbonyl (C=O) groups is 3. The first-order valence-electron chi connectivity index (χ1n) is 12.1. The van der Waals surface area contributed by atoms with Crippen molar-refractivity contribution in [2.45, 2.75) is 31.6 Å². The minimum atomic E-state index is -4.56. The summed E-state index contributed by atoms with van der Waals surface area (Å²) in [6.07, 6.45) is 0.202. The molecular weight excluding hydrogens is 555 g/mol. The Kier molecular flexibility index (Phi) is 7.45. The van der Waals surface area contributed by atoms with Crippen molar-refractivity contribution in [2.75, 3.05) is 19.6 Å². The summed E-state index contributed by atoms with van der Waals surface area (Å²) in [7, 11) is 0. The number of halogens is 4. The van der Waals surface area contributed by atoms with E-state index in [1.807, 2.05) is 4.90 Å². The number of hydrogen-bond acceptors (Lipinski definition) is 6. The molecule has 2 aliphatic heterocycles. The molecule has 0 radical (unpaired) electrons. The Balaban J connectivity index is 1.34. The van der Waals surface area contributed by atoms with Crippen LogP contribution in [0.5, 0.6) is 0 Å². The number of amides is 3. The lowest BCUT2D eigenvalue weighted by Crippen LogP contribution is -2.45. The molecule has 0 bridgehead atoms. The summed E-state index contributed by atoms with van der Waals surface area (Å²) in [5, 5.41) is 4.54. The lowest BCUT2D eigenvalue weighted by molar-refractivity contribution is -0.138. The highest BCUT2D eigenvalue weighted by Crippen LogP contribution is 2.36. The summed E-state index contributed by atoms with van der Waals surface area (Å²) in [4.78, 5) is 40.4. The molecule has 2 aromatic carbocycles. The van der Waals surface area contributed by atoms with Gasteiger partial charge in [0.1, 0.15) is 0 Å². The van der Waals surface area contributed by atoms with Crippen molar-refractivity contribution in [3.8, 4) is 0 Å².